The average molecular weight is 560 g/mol. The third-order valence-electron chi connectivity index (χ3n) is 5.42. The molecule has 0 spiro atoms. The van der Waals surface area contributed by atoms with Crippen LogP contribution in [0.4, 0.5) is 24.7 Å². The minimum atomic E-state index is -4.60. The highest BCUT2D eigenvalue weighted by molar-refractivity contribution is 9.10. The molecule has 2 heterocycles. The van der Waals surface area contributed by atoms with Crippen LogP contribution in [-0.2, 0) is 0 Å². The number of nitrogens with one attached hydrogen (secondary N) is 2. The maximum absolute atomic E-state index is 14.0. The summed E-state index contributed by atoms with van der Waals surface area (Å²) in [6.07, 6.45) is -4.91. The van der Waals surface area contributed by atoms with Crippen LogP contribution >= 0.6 is 27.5 Å². The second-order valence-corrected chi connectivity index (χ2v) is 8.81. The number of halogens is 5. The molecule has 1 aliphatic heterocycles. The molecule has 180 valence electrons. The van der Waals surface area contributed by atoms with Gasteiger partial charge < -0.3 is 20.1 Å². The third kappa shape index (κ3) is 4.67. The first kappa shape index (κ1) is 24.2. The molecular formula is C22H19BrClF3N4O3. The summed E-state index contributed by atoms with van der Waals surface area (Å²) in [6.45, 7) is 0. The SMILES string of the molecule is COc1ccc(NC(=O)c2nn3c(c2Cl)N[C@@H](c2ccc(Br)cc2)C[C@@H]3C(F)(F)F)cc1OC. The van der Waals surface area contributed by atoms with Gasteiger partial charge in [-0.3, -0.25) is 4.79 Å². The predicted molar refractivity (Wildman–Crippen MR) is 125 cm³/mol. The number of carbonyl (C=O) groups excluding carboxylic acids is 1. The maximum atomic E-state index is 14.0. The van der Waals surface area contributed by atoms with Gasteiger partial charge in [-0.05, 0) is 29.8 Å². The van der Waals surface area contributed by atoms with Crippen LogP contribution in [-0.4, -0.2) is 36.1 Å². The molecule has 0 fully saturated rings. The van der Waals surface area contributed by atoms with E-state index in [0.717, 1.165) is 9.15 Å². The highest BCUT2D eigenvalue weighted by Crippen LogP contribution is 2.46. The summed E-state index contributed by atoms with van der Waals surface area (Å²) in [5.74, 6) is -0.0125. The number of benzene rings is 2. The molecule has 0 unspecified atom stereocenters. The third-order valence-corrected chi connectivity index (χ3v) is 6.31. The monoisotopic (exact) mass is 558 g/mol. The number of amides is 1. The lowest BCUT2D eigenvalue weighted by atomic mass is 9.97. The van der Waals surface area contributed by atoms with Gasteiger partial charge in [-0.2, -0.15) is 18.3 Å². The van der Waals surface area contributed by atoms with Crippen LogP contribution < -0.4 is 20.1 Å². The molecule has 0 bridgehead atoms. The topological polar surface area (TPSA) is 77.4 Å². The number of ether oxygens (including phenoxy) is 2. The number of hydrogen-bond donors (Lipinski definition) is 2. The van der Waals surface area contributed by atoms with Crippen molar-refractivity contribution in [2.45, 2.75) is 24.7 Å². The molecule has 1 amide bonds. The Morgan fingerprint density at radius 2 is 1.85 bits per heavy atom. The molecule has 1 aromatic heterocycles. The lowest BCUT2D eigenvalue weighted by Gasteiger charge is -2.33. The van der Waals surface area contributed by atoms with E-state index in [1.54, 1.807) is 36.4 Å². The van der Waals surface area contributed by atoms with Crippen LogP contribution in [0.2, 0.25) is 5.02 Å². The molecule has 12 heteroatoms. The number of hydrogen-bond acceptors (Lipinski definition) is 5. The molecule has 0 aliphatic carbocycles. The molecular weight excluding hydrogens is 541 g/mol. The van der Waals surface area contributed by atoms with E-state index in [4.69, 9.17) is 21.1 Å². The standard InChI is InChI=1S/C22H19BrClF3N4O3/c1-33-15-8-7-13(9-16(15)34-2)28-21(32)19-18(24)20-29-14(11-3-5-12(23)6-4-11)10-17(22(25,26)27)31(20)30-19/h3-9,14,17,29H,10H2,1-2H3,(H,28,32)/t14-,17-/m1/s1. The Bertz CT molecular complexity index is 1220. The van der Waals surface area contributed by atoms with Gasteiger partial charge in [0.1, 0.15) is 10.8 Å². The van der Waals surface area contributed by atoms with Crippen molar-refractivity contribution in [2.24, 2.45) is 0 Å². The van der Waals surface area contributed by atoms with Gasteiger partial charge in [-0.15, -0.1) is 0 Å². The van der Waals surface area contributed by atoms with Crippen molar-refractivity contribution in [2.75, 3.05) is 24.9 Å². The molecule has 34 heavy (non-hydrogen) atoms. The Hall–Kier alpha value is -2.92. The van der Waals surface area contributed by atoms with Gasteiger partial charge >= 0.3 is 6.18 Å². The van der Waals surface area contributed by atoms with Crippen molar-refractivity contribution in [3.63, 3.8) is 0 Å². The number of alkyl halides is 3. The number of aromatic nitrogens is 2. The van der Waals surface area contributed by atoms with Crippen molar-refractivity contribution in [3.05, 3.63) is 63.2 Å². The molecule has 3 aromatic rings. The Kier molecular flexibility index (Phi) is 6.68. The normalized spacial score (nSPS) is 17.5. The molecule has 1 aliphatic rings. The fourth-order valence-electron chi connectivity index (χ4n) is 3.75. The van der Waals surface area contributed by atoms with Crippen molar-refractivity contribution in [1.29, 1.82) is 0 Å². The molecule has 4 rings (SSSR count). The molecule has 2 atom stereocenters. The molecule has 0 saturated carbocycles. The highest BCUT2D eigenvalue weighted by atomic mass is 79.9. The van der Waals surface area contributed by atoms with E-state index >= 15 is 0 Å². The Morgan fingerprint density at radius 1 is 1.18 bits per heavy atom. The molecule has 0 radical (unpaired) electrons. The van der Waals surface area contributed by atoms with Gasteiger partial charge in [0, 0.05) is 22.6 Å². The summed E-state index contributed by atoms with van der Waals surface area (Å²) in [5, 5.41) is 9.34. The first-order valence-corrected chi connectivity index (χ1v) is 11.2. The van der Waals surface area contributed by atoms with E-state index in [-0.39, 0.29) is 23.0 Å². The largest absolute Gasteiger partial charge is 0.493 e. The fraction of sp³-hybridized carbons (Fsp3) is 0.273. The van der Waals surface area contributed by atoms with Gasteiger partial charge in [-0.1, -0.05) is 39.7 Å². The molecule has 2 N–H and O–H groups in total. The summed E-state index contributed by atoms with van der Waals surface area (Å²) in [4.78, 5) is 12.9. The van der Waals surface area contributed by atoms with E-state index in [0.29, 0.717) is 22.7 Å². The zero-order valence-corrected chi connectivity index (χ0v) is 20.3. The van der Waals surface area contributed by atoms with E-state index in [9.17, 15) is 18.0 Å². The van der Waals surface area contributed by atoms with E-state index in [2.05, 4.69) is 31.7 Å². The van der Waals surface area contributed by atoms with Crippen LogP contribution in [0.25, 0.3) is 0 Å². The van der Waals surface area contributed by atoms with Crippen LogP contribution in [0.5, 0.6) is 11.5 Å². The zero-order valence-electron chi connectivity index (χ0n) is 17.9. The van der Waals surface area contributed by atoms with Crippen LogP contribution in [0.1, 0.15) is 34.6 Å². The van der Waals surface area contributed by atoms with Crippen LogP contribution in [0.3, 0.4) is 0 Å². The van der Waals surface area contributed by atoms with E-state index in [1.807, 2.05) is 0 Å². The lowest BCUT2D eigenvalue weighted by molar-refractivity contribution is -0.173. The van der Waals surface area contributed by atoms with Gasteiger partial charge in [0.05, 0.1) is 20.3 Å². The van der Waals surface area contributed by atoms with Crippen molar-refractivity contribution < 1.29 is 27.4 Å². The number of carbonyl (C=O) groups is 1. The van der Waals surface area contributed by atoms with Crippen molar-refractivity contribution >= 4 is 44.9 Å². The van der Waals surface area contributed by atoms with Gasteiger partial charge in [0.25, 0.3) is 5.91 Å². The first-order valence-electron chi connectivity index (χ1n) is 10.0. The maximum Gasteiger partial charge on any atom is 0.410 e. The van der Waals surface area contributed by atoms with Crippen molar-refractivity contribution in [1.82, 2.24) is 9.78 Å². The fourth-order valence-corrected chi connectivity index (χ4v) is 4.28. The number of fused-ring (bicyclic) bond motifs is 1. The predicted octanol–water partition coefficient (Wildman–Crippen LogP) is 6.23. The summed E-state index contributed by atoms with van der Waals surface area (Å²) >= 11 is 9.70. The minimum absolute atomic E-state index is 0.0689. The quantitative estimate of drug-likeness (QED) is 0.388. The number of rotatable bonds is 5. The molecule has 0 saturated heterocycles. The number of anilines is 2. The number of nitrogens with zero attached hydrogens (tertiary/aromatic N) is 2. The summed E-state index contributed by atoms with van der Waals surface area (Å²) in [5.41, 5.74) is 0.653. The van der Waals surface area contributed by atoms with Gasteiger partial charge in [0.15, 0.2) is 23.2 Å². The molecule has 2 aromatic carbocycles. The second-order valence-electron chi connectivity index (χ2n) is 7.52. The second kappa shape index (κ2) is 9.38. The van der Waals surface area contributed by atoms with Gasteiger partial charge in [0.2, 0.25) is 0 Å². The Labute approximate surface area is 206 Å². The average Bonchev–Trinajstić information content (AvgIpc) is 3.14. The summed E-state index contributed by atoms with van der Waals surface area (Å²) in [6, 6.07) is 8.95. The van der Waals surface area contributed by atoms with Crippen molar-refractivity contribution in [3.8, 4) is 11.5 Å². The van der Waals surface area contributed by atoms with Crippen LogP contribution in [0.15, 0.2) is 46.9 Å². The van der Waals surface area contributed by atoms with E-state index < -0.39 is 24.2 Å². The zero-order chi connectivity index (χ0) is 24.6. The minimum Gasteiger partial charge on any atom is -0.493 e. The summed E-state index contributed by atoms with van der Waals surface area (Å²) in [7, 11) is 2.91. The Balaban J connectivity index is 1.67. The Morgan fingerprint density at radius 3 is 2.47 bits per heavy atom. The molecule has 7 nitrogen and oxygen atoms in total. The summed E-state index contributed by atoms with van der Waals surface area (Å²) < 4.78 is 53.8. The highest BCUT2D eigenvalue weighted by Gasteiger charge is 2.47. The lowest BCUT2D eigenvalue weighted by Crippen LogP contribution is -2.35. The van der Waals surface area contributed by atoms with Gasteiger partial charge in [-0.25, -0.2) is 4.68 Å². The first-order chi connectivity index (χ1) is 16.1. The number of methoxy groups -OCH3 is 2. The smallest absolute Gasteiger partial charge is 0.410 e. The van der Waals surface area contributed by atoms with E-state index in [1.165, 1.54) is 20.3 Å². The van der Waals surface area contributed by atoms with Crippen LogP contribution in [0, 0.1) is 0 Å².